The number of anilines is 1. The first-order valence-electron chi connectivity index (χ1n) is 5.56. The minimum absolute atomic E-state index is 0.148. The molecular formula is C13H10Cl3NO2S. The van der Waals surface area contributed by atoms with Crippen LogP contribution in [0.4, 0.5) is 5.69 Å². The molecular weight excluding hydrogens is 341 g/mol. The van der Waals surface area contributed by atoms with Crippen LogP contribution in [0.3, 0.4) is 0 Å². The van der Waals surface area contributed by atoms with Crippen molar-refractivity contribution in [3.05, 3.63) is 63.1 Å². The Kier molecular flexibility index (Phi) is 4.81. The van der Waals surface area contributed by atoms with Crippen LogP contribution in [0.25, 0.3) is 0 Å². The number of hydrogen-bond acceptors (Lipinski definition) is 2. The maximum atomic E-state index is 12.0. The second-order valence-corrected chi connectivity index (χ2v) is 7.09. The van der Waals surface area contributed by atoms with E-state index in [1.54, 1.807) is 30.3 Å². The van der Waals surface area contributed by atoms with Gasteiger partial charge in [-0.15, -0.1) is 0 Å². The fourth-order valence-electron chi connectivity index (χ4n) is 1.58. The third-order valence-electron chi connectivity index (χ3n) is 2.46. The van der Waals surface area contributed by atoms with Gasteiger partial charge in [-0.1, -0.05) is 46.9 Å². The summed E-state index contributed by atoms with van der Waals surface area (Å²) in [6, 6.07) is 11.2. The van der Waals surface area contributed by atoms with Crippen LogP contribution in [0.15, 0.2) is 42.5 Å². The summed E-state index contributed by atoms with van der Waals surface area (Å²) in [7, 11) is -3.52. The number of hydrogen-bond donors (Lipinski definition) is 1. The van der Waals surface area contributed by atoms with Crippen molar-refractivity contribution >= 4 is 50.5 Å². The summed E-state index contributed by atoms with van der Waals surface area (Å²) in [4.78, 5) is 0. The Balaban J connectivity index is 2.14. The van der Waals surface area contributed by atoms with E-state index in [-0.39, 0.29) is 5.75 Å². The van der Waals surface area contributed by atoms with E-state index in [2.05, 4.69) is 4.72 Å². The first-order chi connectivity index (χ1) is 9.35. The van der Waals surface area contributed by atoms with Gasteiger partial charge in [0.2, 0.25) is 10.0 Å². The number of nitrogens with one attached hydrogen (secondary N) is 1. The van der Waals surface area contributed by atoms with E-state index in [0.717, 1.165) is 0 Å². The molecule has 0 amide bonds. The topological polar surface area (TPSA) is 46.2 Å². The molecule has 0 spiro atoms. The Labute approximate surface area is 132 Å². The molecule has 106 valence electrons. The maximum Gasteiger partial charge on any atom is 0.236 e. The Hall–Kier alpha value is -0.940. The summed E-state index contributed by atoms with van der Waals surface area (Å²) in [5, 5.41) is 1.22. The molecule has 2 rings (SSSR count). The number of halogens is 3. The molecule has 0 saturated heterocycles. The van der Waals surface area contributed by atoms with Crippen molar-refractivity contribution in [1.82, 2.24) is 0 Å². The number of benzene rings is 2. The van der Waals surface area contributed by atoms with E-state index in [1.807, 2.05) is 0 Å². The molecule has 0 radical (unpaired) electrons. The maximum absolute atomic E-state index is 12.0. The molecule has 2 aromatic rings. The van der Waals surface area contributed by atoms with E-state index in [0.29, 0.717) is 26.3 Å². The molecule has 0 saturated carbocycles. The fourth-order valence-corrected chi connectivity index (χ4v) is 3.19. The lowest BCUT2D eigenvalue weighted by Crippen LogP contribution is -2.15. The molecule has 0 aromatic heterocycles. The van der Waals surface area contributed by atoms with Crippen LogP contribution < -0.4 is 4.72 Å². The van der Waals surface area contributed by atoms with Crippen LogP contribution in [0.2, 0.25) is 15.1 Å². The highest BCUT2D eigenvalue weighted by atomic mass is 35.5. The minimum atomic E-state index is -3.52. The molecule has 0 heterocycles. The van der Waals surface area contributed by atoms with E-state index in [9.17, 15) is 8.42 Å². The van der Waals surface area contributed by atoms with Crippen LogP contribution >= 0.6 is 34.8 Å². The van der Waals surface area contributed by atoms with Crippen LogP contribution in [-0.4, -0.2) is 8.42 Å². The Morgan fingerprint density at radius 1 is 0.900 bits per heavy atom. The lowest BCUT2D eigenvalue weighted by atomic mass is 10.2. The summed E-state index contributed by atoms with van der Waals surface area (Å²) in [6.45, 7) is 0. The number of rotatable bonds is 4. The average Bonchev–Trinajstić information content (AvgIpc) is 2.36. The Morgan fingerprint density at radius 3 is 2.15 bits per heavy atom. The van der Waals surface area contributed by atoms with Gasteiger partial charge in [0.15, 0.2) is 0 Å². The summed E-state index contributed by atoms with van der Waals surface area (Å²) in [5.41, 5.74) is 1.01. The third-order valence-corrected chi connectivity index (χ3v) is 4.71. The normalized spacial score (nSPS) is 11.3. The lowest BCUT2D eigenvalue weighted by Gasteiger charge is -2.09. The van der Waals surface area contributed by atoms with Gasteiger partial charge in [-0.2, -0.15) is 0 Å². The Morgan fingerprint density at radius 2 is 1.55 bits per heavy atom. The van der Waals surface area contributed by atoms with Gasteiger partial charge in [-0.3, -0.25) is 4.72 Å². The highest BCUT2D eigenvalue weighted by molar-refractivity contribution is 7.91. The van der Waals surface area contributed by atoms with Crippen molar-refractivity contribution in [3.63, 3.8) is 0 Å². The molecule has 0 aliphatic heterocycles. The van der Waals surface area contributed by atoms with Crippen molar-refractivity contribution in [2.24, 2.45) is 0 Å². The van der Waals surface area contributed by atoms with Gasteiger partial charge in [0, 0.05) is 5.02 Å². The van der Waals surface area contributed by atoms with Crippen molar-refractivity contribution in [2.45, 2.75) is 5.75 Å². The predicted molar refractivity (Wildman–Crippen MR) is 84.2 cm³/mol. The van der Waals surface area contributed by atoms with Gasteiger partial charge in [0.05, 0.1) is 21.5 Å². The zero-order valence-electron chi connectivity index (χ0n) is 10.1. The summed E-state index contributed by atoms with van der Waals surface area (Å²) in [6.07, 6.45) is 0. The number of sulfonamides is 1. The quantitative estimate of drug-likeness (QED) is 0.876. The highest BCUT2D eigenvalue weighted by Crippen LogP contribution is 2.26. The van der Waals surface area contributed by atoms with E-state index < -0.39 is 10.0 Å². The van der Waals surface area contributed by atoms with Gasteiger partial charge >= 0.3 is 0 Å². The zero-order valence-corrected chi connectivity index (χ0v) is 13.2. The van der Waals surface area contributed by atoms with Crippen LogP contribution in [0.1, 0.15) is 5.56 Å². The average molecular weight is 351 g/mol. The highest BCUT2D eigenvalue weighted by Gasteiger charge is 2.12. The largest absolute Gasteiger partial charge is 0.283 e. The van der Waals surface area contributed by atoms with Gasteiger partial charge in [-0.05, 0) is 35.9 Å². The van der Waals surface area contributed by atoms with E-state index in [4.69, 9.17) is 34.8 Å². The summed E-state index contributed by atoms with van der Waals surface area (Å²) < 4.78 is 26.5. The lowest BCUT2D eigenvalue weighted by molar-refractivity contribution is 0.600. The fraction of sp³-hybridized carbons (Fsp3) is 0.0769. The molecule has 0 bridgehead atoms. The molecule has 20 heavy (non-hydrogen) atoms. The zero-order chi connectivity index (χ0) is 14.8. The molecule has 0 aliphatic rings. The summed E-state index contributed by atoms with van der Waals surface area (Å²) >= 11 is 17.4. The second-order valence-electron chi connectivity index (χ2n) is 4.12. The van der Waals surface area contributed by atoms with Crippen LogP contribution in [0.5, 0.6) is 0 Å². The molecule has 0 atom stereocenters. The molecule has 2 aromatic carbocycles. The molecule has 1 N–H and O–H groups in total. The first kappa shape index (κ1) is 15.4. The van der Waals surface area contributed by atoms with Gasteiger partial charge in [-0.25, -0.2) is 8.42 Å². The first-order valence-corrected chi connectivity index (χ1v) is 8.34. The standard InChI is InChI=1S/C13H10Cl3NO2S/c14-10-3-1-9(2-4-10)8-20(18,19)17-11-5-6-12(15)13(16)7-11/h1-7,17H,8H2. The van der Waals surface area contributed by atoms with Crippen molar-refractivity contribution in [2.75, 3.05) is 4.72 Å². The Bertz CT molecular complexity index is 715. The molecule has 0 aliphatic carbocycles. The van der Waals surface area contributed by atoms with Crippen molar-refractivity contribution in [3.8, 4) is 0 Å². The smallest absolute Gasteiger partial charge is 0.236 e. The SMILES string of the molecule is O=S(=O)(Cc1ccc(Cl)cc1)Nc1ccc(Cl)c(Cl)c1. The van der Waals surface area contributed by atoms with Crippen molar-refractivity contribution < 1.29 is 8.42 Å². The molecule has 3 nitrogen and oxygen atoms in total. The predicted octanol–water partition coefficient (Wildman–Crippen LogP) is 4.59. The van der Waals surface area contributed by atoms with Gasteiger partial charge in [0.25, 0.3) is 0 Å². The molecule has 7 heteroatoms. The molecule has 0 fully saturated rings. The third kappa shape index (κ3) is 4.28. The van der Waals surface area contributed by atoms with E-state index in [1.165, 1.54) is 12.1 Å². The van der Waals surface area contributed by atoms with Gasteiger partial charge < -0.3 is 0 Å². The minimum Gasteiger partial charge on any atom is -0.283 e. The summed E-state index contributed by atoms with van der Waals surface area (Å²) in [5.74, 6) is -0.148. The second kappa shape index (κ2) is 6.22. The monoisotopic (exact) mass is 349 g/mol. The van der Waals surface area contributed by atoms with E-state index >= 15 is 0 Å². The van der Waals surface area contributed by atoms with Crippen molar-refractivity contribution in [1.29, 1.82) is 0 Å². The van der Waals surface area contributed by atoms with Crippen LogP contribution in [-0.2, 0) is 15.8 Å². The van der Waals surface area contributed by atoms with Gasteiger partial charge in [0.1, 0.15) is 0 Å². The molecule has 0 unspecified atom stereocenters. The van der Waals surface area contributed by atoms with Crippen LogP contribution in [0, 0.1) is 0 Å².